The fourth-order valence-corrected chi connectivity index (χ4v) is 3.21. The van der Waals surface area contributed by atoms with Crippen LogP contribution >= 0.6 is 0 Å². The van der Waals surface area contributed by atoms with Crippen molar-refractivity contribution >= 4 is 5.91 Å². The van der Waals surface area contributed by atoms with Crippen molar-refractivity contribution in [2.45, 2.75) is 57.0 Å². The highest BCUT2D eigenvalue weighted by molar-refractivity contribution is 5.75. The third kappa shape index (κ3) is 6.72. The molecule has 6 heteroatoms. The van der Waals surface area contributed by atoms with E-state index in [0.29, 0.717) is 19.0 Å². The van der Waals surface area contributed by atoms with Gasteiger partial charge in [0.2, 0.25) is 5.91 Å². The topological polar surface area (TPSA) is 70.4 Å². The Morgan fingerprint density at radius 2 is 1.96 bits per heavy atom. The molecule has 1 aliphatic heterocycles. The van der Waals surface area contributed by atoms with Crippen molar-refractivity contribution in [3.05, 3.63) is 35.6 Å². The monoisotopic (exact) mass is 350 g/mol. The van der Waals surface area contributed by atoms with E-state index >= 15 is 0 Å². The van der Waals surface area contributed by atoms with Crippen LogP contribution in [0.15, 0.2) is 24.3 Å². The summed E-state index contributed by atoms with van der Waals surface area (Å²) in [5.74, 6) is -0.00742. The minimum absolute atomic E-state index is 0.189. The van der Waals surface area contributed by atoms with Gasteiger partial charge < -0.3 is 10.6 Å². The molecule has 0 bridgehead atoms. The zero-order valence-corrected chi connectivity index (χ0v) is 15.1. The fraction of sp³-hybridized carbons (Fsp3) is 0.632. The summed E-state index contributed by atoms with van der Waals surface area (Å²) in [7, 11) is 1.87. The van der Waals surface area contributed by atoms with Crippen LogP contribution in [0.1, 0.15) is 56.6 Å². The van der Waals surface area contributed by atoms with Gasteiger partial charge in [0.25, 0.3) is 0 Å². The Hall–Kier alpha value is -1.50. The van der Waals surface area contributed by atoms with Crippen molar-refractivity contribution in [2.75, 3.05) is 20.1 Å². The van der Waals surface area contributed by atoms with E-state index in [4.69, 9.17) is 5.73 Å². The molecule has 1 aromatic rings. The number of hydrogen-bond acceptors (Lipinski definition) is 4. The summed E-state index contributed by atoms with van der Waals surface area (Å²) in [6.07, 6.45) is 6.73. The maximum Gasteiger partial charge on any atom is 0.222 e. The SMILES string of the molecule is CN(CCCCCC1CC(c2ccc(F)cc2)NN1)C(=O)CCCN. The average Bonchev–Trinajstić information content (AvgIpc) is 3.08. The number of halogens is 1. The number of hydrogen-bond donors (Lipinski definition) is 3. The smallest absolute Gasteiger partial charge is 0.222 e. The zero-order chi connectivity index (χ0) is 18.1. The number of nitrogens with two attached hydrogens (primary N) is 1. The van der Waals surface area contributed by atoms with Gasteiger partial charge in [-0.15, -0.1) is 0 Å². The molecule has 0 radical (unpaired) electrons. The lowest BCUT2D eigenvalue weighted by molar-refractivity contribution is -0.130. The van der Waals surface area contributed by atoms with Crippen LogP contribution in [0.3, 0.4) is 0 Å². The maximum absolute atomic E-state index is 13.0. The molecule has 1 fully saturated rings. The van der Waals surface area contributed by atoms with Crippen LogP contribution in [-0.2, 0) is 4.79 Å². The van der Waals surface area contributed by atoms with Crippen molar-refractivity contribution < 1.29 is 9.18 Å². The molecular formula is C19H31FN4O. The van der Waals surface area contributed by atoms with Gasteiger partial charge in [-0.25, -0.2) is 4.39 Å². The standard InChI is InChI=1S/C19H31FN4O/c1-24(19(25)7-5-12-21)13-4-2-3-6-17-14-18(23-22-17)15-8-10-16(20)11-9-15/h8-11,17-18,22-23H,2-7,12-14,21H2,1H3. The van der Waals surface area contributed by atoms with E-state index < -0.39 is 0 Å². The number of amides is 1. The highest BCUT2D eigenvalue weighted by Gasteiger charge is 2.24. The zero-order valence-electron chi connectivity index (χ0n) is 15.1. The van der Waals surface area contributed by atoms with Crippen LogP contribution in [0.25, 0.3) is 0 Å². The van der Waals surface area contributed by atoms with Gasteiger partial charge in [0.1, 0.15) is 5.82 Å². The number of hydrazine groups is 1. The van der Waals surface area contributed by atoms with Gasteiger partial charge in [0, 0.05) is 32.1 Å². The third-order valence-corrected chi connectivity index (χ3v) is 4.82. The Morgan fingerprint density at radius 1 is 1.20 bits per heavy atom. The molecule has 2 rings (SSSR count). The van der Waals surface area contributed by atoms with Gasteiger partial charge in [-0.1, -0.05) is 25.0 Å². The molecule has 1 aromatic carbocycles. The lowest BCUT2D eigenvalue weighted by Crippen LogP contribution is -2.30. The number of nitrogens with one attached hydrogen (secondary N) is 2. The molecule has 2 unspecified atom stereocenters. The van der Waals surface area contributed by atoms with E-state index in [1.807, 2.05) is 24.1 Å². The van der Waals surface area contributed by atoms with Crippen molar-refractivity contribution in [1.82, 2.24) is 15.8 Å². The minimum atomic E-state index is -0.197. The highest BCUT2D eigenvalue weighted by Crippen LogP contribution is 2.24. The minimum Gasteiger partial charge on any atom is -0.346 e. The van der Waals surface area contributed by atoms with E-state index in [0.717, 1.165) is 50.6 Å². The van der Waals surface area contributed by atoms with Gasteiger partial charge in [-0.05, 0) is 49.9 Å². The average molecular weight is 350 g/mol. The summed E-state index contributed by atoms with van der Waals surface area (Å²) in [6, 6.07) is 7.39. The molecule has 1 saturated heterocycles. The molecule has 5 nitrogen and oxygen atoms in total. The summed E-state index contributed by atoms with van der Waals surface area (Å²) >= 11 is 0. The van der Waals surface area contributed by atoms with Gasteiger partial charge in [-0.3, -0.25) is 15.6 Å². The Balaban J connectivity index is 1.57. The first-order valence-corrected chi connectivity index (χ1v) is 9.30. The van der Waals surface area contributed by atoms with Crippen LogP contribution in [0.4, 0.5) is 4.39 Å². The normalized spacial score (nSPS) is 20.0. The Morgan fingerprint density at radius 3 is 2.68 bits per heavy atom. The van der Waals surface area contributed by atoms with Gasteiger partial charge in [0.05, 0.1) is 0 Å². The van der Waals surface area contributed by atoms with E-state index in [-0.39, 0.29) is 17.8 Å². The second-order valence-electron chi connectivity index (χ2n) is 6.88. The first-order chi connectivity index (χ1) is 12.1. The molecule has 1 aliphatic rings. The highest BCUT2D eigenvalue weighted by atomic mass is 19.1. The molecule has 140 valence electrons. The molecule has 2 atom stereocenters. The molecule has 0 saturated carbocycles. The van der Waals surface area contributed by atoms with Crippen LogP contribution < -0.4 is 16.6 Å². The maximum atomic E-state index is 13.0. The van der Waals surface area contributed by atoms with E-state index in [9.17, 15) is 9.18 Å². The van der Waals surface area contributed by atoms with Gasteiger partial charge in [0.15, 0.2) is 0 Å². The van der Waals surface area contributed by atoms with Crippen LogP contribution in [0.5, 0.6) is 0 Å². The summed E-state index contributed by atoms with van der Waals surface area (Å²) in [4.78, 5) is 13.6. The largest absolute Gasteiger partial charge is 0.346 e. The Bertz CT molecular complexity index is 523. The Kier molecular flexibility index (Phi) is 8.31. The lowest BCUT2D eigenvalue weighted by atomic mass is 9.99. The molecule has 25 heavy (non-hydrogen) atoms. The molecular weight excluding hydrogens is 319 g/mol. The number of carbonyl (C=O) groups is 1. The second-order valence-corrected chi connectivity index (χ2v) is 6.88. The molecule has 1 heterocycles. The van der Waals surface area contributed by atoms with E-state index in [1.54, 1.807) is 0 Å². The van der Waals surface area contributed by atoms with Crippen molar-refractivity contribution in [1.29, 1.82) is 0 Å². The molecule has 0 aliphatic carbocycles. The summed E-state index contributed by atoms with van der Waals surface area (Å²) in [6.45, 7) is 1.39. The predicted molar refractivity (Wildman–Crippen MR) is 98.2 cm³/mol. The van der Waals surface area contributed by atoms with Crippen molar-refractivity contribution in [3.63, 3.8) is 0 Å². The van der Waals surface area contributed by atoms with Crippen molar-refractivity contribution in [2.24, 2.45) is 5.73 Å². The molecule has 4 N–H and O–H groups in total. The fourth-order valence-electron chi connectivity index (χ4n) is 3.21. The van der Waals surface area contributed by atoms with E-state index in [2.05, 4.69) is 10.9 Å². The number of rotatable bonds is 10. The summed E-state index contributed by atoms with van der Waals surface area (Å²) in [5.41, 5.74) is 13.2. The van der Waals surface area contributed by atoms with Crippen LogP contribution in [0, 0.1) is 5.82 Å². The Labute approximate surface area is 150 Å². The third-order valence-electron chi connectivity index (χ3n) is 4.82. The first kappa shape index (κ1) is 19.8. The predicted octanol–water partition coefficient (Wildman–Crippen LogP) is 2.49. The second kappa shape index (κ2) is 10.5. The van der Waals surface area contributed by atoms with Crippen LogP contribution in [-0.4, -0.2) is 37.0 Å². The summed E-state index contributed by atoms with van der Waals surface area (Å²) in [5, 5.41) is 0. The molecule has 0 spiro atoms. The van der Waals surface area contributed by atoms with Crippen molar-refractivity contribution in [3.8, 4) is 0 Å². The number of unbranched alkanes of at least 4 members (excludes halogenated alkanes) is 2. The van der Waals surface area contributed by atoms with Crippen LogP contribution in [0.2, 0.25) is 0 Å². The molecule has 1 amide bonds. The number of nitrogens with zero attached hydrogens (tertiary/aromatic N) is 1. The first-order valence-electron chi connectivity index (χ1n) is 9.30. The number of benzene rings is 1. The van der Waals surface area contributed by atoms with E-state index in [1.165, 1.54) is 12.1 Å². The quantitative estimate of drug-likeness (QED) is 0.567. The molecule has 0 aromatic heterocycles. The lowest BCUT2D eigenvalue weighted by Gasteiger charge is -2.17. The van der Waals surface area contributed by atoms with Gasteiger partial charge in [-0.2, -0.15) is 0 Å². The summed E-state index contributed by atoms with van der Waals surface area (Å²) < 4.78 is 13.0. The number of carbonyl (C=O) groups excluding carboxylic acids is 1. The van der Waals surface area contributed by atoms with Gasteiger partial charge >= 0.3 is 0 Å².